The minimum atomic E-state index is 0.0562. The third kappa shape index (κ3) is 15.2. The molecule has 0 rings (SSSR count). The molecule has 118 valence electrons. The van der Waals surface area contributed by atoms with Gasteiger partial charge in [0.1, 0.15) is 0 Å². The van der Waals surface area contributed by atoms with Gasteiger partial charge in [0.25, 0.3) is 0 Å². The summed E-state index contributed by atoms with van der Waals surface area (Å²) >= 11 is 0. The number of carbonyl (C=O) groups excluding carboxylic acids is 1. The van der Waals surface area contributed by atoms with Gasteiger partial charge in [-0.2, -0.15) is 5.10 Å². The van der Waals surface area contributed by atoms with Crippen molar-refractivity contribution in [2.45, 2.75) is 97.3 Å². The number of rotatable bonds is 14. The van der Waals surface area contributed by atoms with Crippen molar-refractivity contribution >= 4 is 12.1 Å². The Kier molecular flexibility index (Phi) is 15.5. The minimum absolute atomic E-state index is 0.0562. The van der Waals surface area contributed by atoms with E-state index in [1.54, 1.807) is 0 Å². The van der Waals surface area contributed by atoms with Gasteiger partial charge in [-0.15, -0.1) is 0 Å². The summed E-state index contributed by atoms with van der Waals surface area (Å²) < 4.78 is 0. The number of hydrazone groups is 1. The first kappa shape index (κ1) is 19.1. The second kappa shape index (κ2) is 16.2. The number of unbranched alkanes of at least 4 members (excludes halogenated alkanes) is 10. The average molecular weight is 282 g/mol. The predicted octanol–water partition coefficient (Wildman–Crippen LogP) is 5.20. The highest BCUT2D eigenvalue weighted by atomic mass is 16.2. The van der Waals surface area contributed by atoms with Crippen molar-refractivity contribution in [1.29, 1.82) is 0 Å². The van der Waals surface area contributed by atoms with E-state index in [1.807, 2.05) is 6.21 Å². The predicted molar refractivity (Wildman–Crippen MR) is 88.0 cm³/mol. The maximum absolute atomic E-state index is 11.5. The van der Waals surface area contributed by atoms with Crippen LogP contribution in [-0.4, -0.2) is 12.1 Å². The molecule has 0 unspecified atom stereocenters. The molecule has 0 aromatic carbocycles. The number of hydrogen-bond donors (Lipinski definition) is 1. The number of nitrogens with one attached hydrogen (secondary N) is 1. The van der Waals surface area contributed by atoms with Crippen molar-refractivity contribution in [1.82, 2.24) is 5.43 Å². The second-order valence-corrected chi connectivity index (χ2v) is 5.57. The molecule has 0 saturated heterocycles. The van der Waals surface area contributed by atoms with Gasteiger partial charge in [0.15, 0.2) is 0 Å². The summed E-state index contributed by atoms with van der Waals surface area (Å²) in [6, 6.07) is 0. The smallest absolute Gasteiger partial charge is 0.240 e. The van der Waals surface area contributed by atoms with Crippen molar-refractivity contribution in [2.75, 3.05) is 0 Å². The Morgan fingerprint density at radius 1 is 0.850 bits per heavy atom. The number of carbonyl (C=O) groups is 1. The van der Waals surface area contributed by atoms with Crippen LogP contribution in [0.1, 0.15) is 97.3 Å². The Balaban J connectivity index is 3.25. The van der Waals surface area contributed by atoms with Crippen LogP contribution in [0.5, 0.6) is 0 Å². The monoisotopic (exact) mass is 282 g/mol. The van der Waals surface area contributed by atoms with Gasteiger partial charge in [-0.05, 0) is 19.3 Å². The van der Waals surface area contributed by atoms with Gasteiger partial charge in [0.05, 0.1) is 0 Å². The summed E-state index contributed by atoms with van der Waals surface area (Å²) in [6.45, 7) is 4.43. The fourth-order valence-corrected chi connectivity index (χ4v) is 2.14. The van der Waals surface area contributed by atoms with Crippen LogP contribution < -0.4 is 5.43 Å². The van der Waals surface area contributed by atoms with Gasteiger partial charge in [-0.25, -0.2) is 5.43 Å². The summed E-state index contributed by atoms with van der Waals surface area (Å²) in [5, 5.41) is 4.00. The van der Waals surface area contributed by atoms with Crippen LogP contribution in [0.15, 0.2) is 5.10 Å². The van der Waals surface area contributed by atoms with Crippen molar-refractivity contribution in [3.05, 3.63) is 0 Å². The summed E-state index contributed by atoms with van der Waals surface area (Å²) in [4.78, 5) is 11.5. The second-order valence-electron chi connectivity index (χ2n) is 5.57. The average Bonchev–Trinajstić information content (AvgIpc) is 2.45. The molecule has 0 heterocycles. The lowest BCUT2D eigenvalue weighted by Crippen LogP contribution is -2.16. The third-order valence-corrected chi connectivity index (χ3v) is 3.47. The fraction of sp³-hybridized carbons (Fsp3) is 0.882. The van der Waals surface area contributed by atoms with Crippen LogP contribution in [0.25, 0.3) is 0 Å². The van der Waals surface area contributed by atoms with E-state index in [0.717, 1.165) is 19.3 Å². The summed E-state index contributed by atoms with van der Waals surface area (Å²) in [7, 11) is 0. The molecule has 0 atom stereocenters. The first-order chi connectivity index (χ1) is 9.81. The Hall–Kier alpha value is -0.860. The zero-order chi connectivity index (χ0) is 14.9. The SMILES string of the molecule is CCCCCCCCC=NNC(=O)CCCCCCC. The van der Waals surface area contributed by atoms with Gasteiger partial charge < -0.3 is 0 Å². The first-order valence-corrected chi connectivity index (χ1v) is 8.61. The van der Waals surface area contributed by atoms with Crippen molar-refractivity contribution in [3.63, 3.8) is 0 Å². The van der Waals surface area contributed by atoms with E-state index < -0.39 is 0 Å². The van der Waals surface area contributed by atoms with E-state index in [1.165, 1.54) is 57.8 Å². The molecule has 0 radical (unpaired) electrons. The summed E-state index contributed by atoms with van der Waals surface area (Å²) in [5.41, 5.74) is 2.62. The molecule has 3 nitrogen and oxygen atoms in total. The van der Waals surface area contributed by atoms with Gasteiger partial charge in [-0.3, -0.25) is 4.79 Å². The molecule has 1 N–H and O–H groups in total. The molecular weight excluding hydrogens is 248 g/mol. The third-order valence-electron chi connectivity index (χ3n) is 3.47. The van der Waals surface area contributed by atoms with Crippen molar-refractivity contribution in [2.24, 2.45) is 5.10 Å². The molecule has 20 heavy (non-hydrogen) atoms. The highest BCUT2D eigenvalue weighted by Crippen LogP contribution is 2.06. The molecule has 0 aromatic rings. The molecule has 0 aliphatic carbocycles. The molecule has 0 bridgehead atoms. The normalized spacial score (nSPS) is 11.1. The Morgan fingerprint density at radius 3 is 2.05 bits per heavy atom. The maximum atomic E-state index is 11.5. The van der Waals surface area contributed by atoms with Gasteiger partial charge in [0, 0.05) is 12.6 Å². The molecule has 0 aromatic heterocycles. The Labute approximate surface area is 125 Å². The zero-order valence-corrected chi connectivity index (χ0v) is 13.6. The lowest BCUT2D eigenvalue weighted by Gasteiger charge is -2.00. The van der Waals surface area contributed by atoms with Crippen LogP contribution >= 0.6 is 0 Å². The minimum Gasteiger partial charge on any atom is -0.273 e. The number of hydrogen-bond acceptors (Lipinski definition) is 2. The van der Waals surface area contributed by atoms with Gasteiger partial charge >= 0.3 is 0 Å². The lowest BCUT2D eigenvalue weighted by molar-refractivity contribution is -0.121. The van der Waals surface area contributed by atoms with E-state index in [-0.39, 0.29) is 5.91 Å². The van der Waals surface area contributed by atoms with Crippen LogP contribution in [0.4, 0.5) is 0 Å². The topological polar surface area (TPSA) is 41.5 Å². The maximum Gasteiger partial charge on any atom is 0.240 e. The summed E-state index contributed by atoms with van der Waals surface area (Å²) in [6.07, 6.45) is 17.1. The highest BCUT2D eigenvalue weighted by Gasteiger charge is 1.98. The number of amides is 1. The van der Waals surface area contributed by atoms with Crippen molar-refractivity contribution < 1.29 is 4.79 Å². The molecule has 3 heteroatoms. The molecule has 0 spiro atoms. The van der Waals surface area contributed by atoms with E-state index in [2.05, 4.69) is 24.4 Å². The Bertz CT molecular complexity index is 239. The fourth-order valence-electron chi connectivity index (χ4n) is 2.14. The molecule has 0 aliphatic rings. The van der Waals surface area contributed by atoms with Crippen LogP contribution in [0.2, 0.25) is 0 Å². The quantitative estimate of drug-likeness (QED) is 0.265. The zero-order valence-electron chi connectivity index (χ0n) is 13.6. The van der Waals surface area contributed by atoms with Gasteiger partial charge in [0.2, 0.25) is 5.91 Å². The molecular formula is C17H34N2O. The van der Waals surface area contributed by atoms with Crippen LogP contribution in [-0.2, 0) is 4.79 Å². The van der Waals surface area contributed by atoms with Gasteiger partial charge in [-0.1, -0.05) is 71.6 Å². The van der Waals surface area contributed by atoms with Crippen LogP contribution in [0, 0.1) is 0 Å². The standard InChI is InChI=1S/C17H34N2O/c1-3-5-7-9-10-12-14-16-18-19-17(20)15-13-11-8-6-4-2/h16H,3-15H2,1-2H3,(H,19,20). The molecule has 0 saturated carbocycles. The van der Waals surface area contributed by atoms with E-state index in [0.29, 0.717) is 6.42 Å². The molecule has 0 aliphatic heterocycles. The van der Waals surface area contributed by atoms with E-state index >= 15 is 0 Å². The molecule has 0 fully saturated rings. The lowest BCUT2D eigenvalue weighted by atomic mass is 10.1. The molecule has 1 amide bonds. The largest absolute Gasteiger partial charge is 0.273 e. The van der Waals surface area contributed by atoms with E-state index in [9.17, 15) is 4.79 Å². The van der Waals surface area contributed by atoms with Crippen LogP contribution in [0.3, 0.4) is 0 Å². The summed E-state index contributed by atoms with van der Waals surface area (Å²) in [5.74, 6) is 0.0562. The Morgan fingerprint density at radius 2 is 1.40 bits per heavy atom. The van der Waals surface area contributed by atoms with Crippen molar-refractivity contribution in [3.8, 4) is 0 Å². The first-order valence-electron chi connectivity index (χ1n) is 8.61. The number of nitrogens with zero attached hydrogens (tertiary/aromatic N) is 1. The van der Waals surface area contributed by atoms with E-state index in [4.69, 9.17) is 0 Å². The highest BCUT2D eigenvalue weighted by molar-refractivity contribution is 5.76.